The summed E-state index contributed by atoms with van der Waals surface area (Å²) in [6.07, 6.45) is 7.12. The molecule has 0 aromatic rings. The molecule has 1 nitrogen and oxygen atoms in total. The molecule has 1 rings (SSSR count). The maximum Gasteiger partial charge on any atom is 0.0155 e. The number of nitrogens with one attached hydrogen (secondary N) is 1. The van der Waals surface area contributed by atoms with Crippen molar-refractivity contribution in [2.24, 2.45) is 5.92 Å². The van der Waals surface area contributed by atoms with Crippen LogP contribution < -0.4 is 5.32 Å². The first-order valence-electron chi connectivity index (χ1n) is 6.05. The van der Waals surface area contributed by atoms with Gasteiger partial charge in [0.2, 0.25) is 0 Å². The SMILES string of the molecule is CCC(C)SCC(CCC1CC1)NC. The maximum absolute atomic E-state index is 3.44. The summed E-state index contributed by atoms with van der Waals surface area (Å²) < 4.78 is 0. The number of rotatable bonds is 8. The minimum Gasteiger partial charge on any atom is -0.316 e. The first-order chi connectivity index (χ1) is 6.76. The van der Waals surface area contributed by atoms with Crippen molar-refractivity contribution in [3.05, 3.63) is 0 Å². The van der Waals surface area contributed by atoms with Crippen molar-refractivity contribution < 1.29 is 0 Å². The first-order valence-corrected chi connectivity index (χ1v) is 7.10. The summed E-state index contributed by atoms with van der Waals surface area (Å²) in [5, 5.41) is 4.27. The molecule has 1 saturated carbocycles. The van der Waals surface area contributed by atoms with E-state index < -0.39 is 0 Å². The molecule has 0 saturated heterocycles. The summed E-state index contributed by atoms with van der Waals surface area (Å²) in [5.41, 5.74) is 0. The quantitative estimate of drug-likeness (QED) is 0.667. The third kappa shape index (κ3) is 5.26. The van der Waals surface area contributed by atoms with Crippen LogP contribution in [-0.4, -0.2) is 24.1 Å². The monoisotopic (exact) mass is 215 g/mol. The van der Waals surface area contributed by atoms with E-state index in [9.17, 15) is 0 Å². The molecule has 2 atom stereocenters. The fourth-order valence-electron chi connectivity index (χ4n) is 1.55. The van der Waals surface area contributed by atoms with Gasteiger partial charge in [-0.25, -0.2) is 0 Å². The highest BCUT2D eigenvalue weighted by Gasteiger charge is 2.22. The van der Waals surface area contributed by atoms with Gasteiger partial charge in [-0.05, 0) is 32.2 Å². The summed E-state index contributed by atoms with van der Waals surface area (Å²) in [6.45, 7) is 4.61. The van der Waals surface area contributed by atoms with Gasteiger partial charge < -0.3 is 5.32 Å². The van der Waals surface area contributed by atoms with Crippen molar-refractivity contribution in [1.29, 1.82) is 0 Å². The lowest BCUT2D eigenvalue weighted by Gasteiger charge is -2.17. The van der Waals surface area contributed by atoms with Crippen molar-refractivity contribution in [2.75, 3.05) is 12.8 Å². The summed E-state index contributed by atoms with van der Waals surface area (Å²) in [7, 11) is 2.11. The van der Waals surface area contributed by atoms with E-state index in [1.165, 1.54) is 37.9 Å². The van der Waals surface area contributed by atoms with Crippen LogP contribution in [0.25, 0.3) is 0 Å². The van der Waals surface area contributed by atoms with E-state index in [0.717, 1.165) is 17.2 Å². The van der Waals surface area contributed by atoms with Crippen molar-refractivity contribution in [3.8, 4) is 0 Å². The molecule has 2 unspecified atom stereocenters. The minimum absolute atomic E-state index is 0.745. The van der Waals surface area contributed by atoms with Crippen LogP contribution in [-0.2, 0) is 0 Å². The number of hydrogen-bond donors (Lipinski definition) is 1. The van der Waals surface area contributed by atoms with Crippen molar-refractivity contribution >= 4 is 11.8 Å². The molecule has 0 bridgehead atoms. The van der Waals surface area contributed by atoms with E-state index in [4.69, 9.17) is 0 Å². The van der Waals surface area contributed by atoms with Crippen LogP contribution in [0.4, 0.5) is 0 Å². The molecule has 84 valence electrons. The van der Waals surface area contributed by atoms with Gasteiger partial charge in [-0.1, -0.05) is 26.7 Å². The van der Waals surface area contributed by atoms with Crippen LogP contribution >= 0.6 is 11.8 Å². The molecule has 0 aliphatic heterocycles. The van der Waals surface area contributed by atoms with Gasteiger partial charge in [0.05, 0.1) is 0 Å². The van der Waals surface area contributed by atoms with E-state index >= 15 is 0 Å². The van der Waals surface area contributed by atoms with E-state index in [2.05, 4.69) is 38.0 Å². The molecule has 1 N–H and O–H groups in total. The van der Waals surface area contributed by atoms with E-state index in [0.29, 0.717) is 0 Å². The van der Waals surface area contributed by atoms with Crippen LogP contribution in [0.5, 0.6) is 0 Å². The van der Waals surface area contributed by atoms with Crippen LogP contribution in [0.2, 0.25) is 0 Å². The second-order valence-corrected chi connectivity index (χ2v) is 6.03. The van der Waals surface area contributed by atoms with Crippen molar-refractivity contribution in [3.63, 3.8) is 0 Å². The van der Waals surface area contributed by atoms with Gasteiger partial charge in [-0.2, -0.15) is 11.8 Å². The topological polar surface area (TPSA) is 12.0 Å². The van der Waals surface area contributed by atoms with Gasteiger partial charge in [0.25, 0.3) is 0 Å². The summed E-state index contributed by atoms with van der Waals surface area (Å²) >= 11 is 2.12. The molecule has 0 amide bonds. The Morgan fingerprint density at radius 3 is 2.64 bits per heavy atom. The van der Waals surface area contributed by atoms with Crippen LogP contribution in [0.3, 0.4) is 0 Å². The van der Waals surface area contributed by atoms with Crippen LogP contribution in [0.15, 0.2) is 0 Å². The molecule has 2 heteroatoms. The largest absolute Gasteiger partial charge is 0.316 e. The zero-order chi connectivity index (χ0) is 10.4. The lowest BCUT2D eigenvalue weighted by Crippen LogP contribution is -2.28. The fraction of sp³-hybridized carbons (Fsp3) is 1.00. The Morgan fingerprint density at radius 2 is 2.14 bits per heavy atom. The average molecular weight is 215 g/mol. The summed E-state index contributed by atoms with van der Waals surface area (Å²) in [5.74, 6) is 2.37. The highest BCUT2D eigenvalue weighted by atomic mass is 32.2. The van der Waals surface area contributed by atoms with Crippen molar-refractivity contribution in [1.82, 2.24) is 5.32 Å². The third-order valence-corrected chi connectivity index (χ3v) is 4.68. The van der Waals surface area contributed by atoms with Crippen LogP contribution in [0.1, 0.15) is 46.0 Å². The molecule has 14 heavy (non-hydrogen) atoms. The fourth-order valence-corrected chi connectivity index (χ4v) is 2.68. The molecule has 1 aliphatic carbocycles. The predicted octanol–water partition coefficient (Wildman–Crippen LogP) is 3.30. The Balaban J connectivity index is 2.03. The van der Waals surface area contributed by atoms with E-state index in [1.54, 1.807) is 0 Å². The molecule has 0 radical (unpaired) electrons. The number of hydrogen-bond acceptors (Lipinski definition) is 2. The maximum atomic E-state index is 3.44. The van der Waals surface area contributed by atoms with Crippen molar-refractivity contribution in [2.45, 2.75) is 57.2 Å². The summed E-state index contributed by atoms with van der Waals surface area (Å²) in [6, 6.07) is 0.745. The van der Waals surface area contributed by atoms with Gasteiger partial charge in [0.1, 0.15) is 0 Å². The average Bonchev–Trinajstić information content (AvgIpc) is 3.01. The zero-order valence-electron chi connectivity index (χ0n) is 9.88. The lowest BCUT2D eigenvalue weighted by atomic mass is 10.1. The molecule has 0 spiro atoms. The van der Waals surface area contributed by atoms with Gasteiger partial charge in [-0.3, -0.25) is 0 Å². The van der Waals surface area contributed by atoms with E-state index in [1.807, 2.05) is 0 Å². The molecule has 1 fully saturated rings. The Kier molecular flexibility index (Phi) is 5.95. The normalized spacial score (nSPS) is 20.8. The minimum atomic E-state index is 0.745. The second kappa shape index (κ2) is 6.73. The summed E-state index contributed by atoms with van der Waals surface area (Å²) in [4.78, 5) is 0. The standard InChI is InChI=1S/C12H25NS/c1-4-10(2)14-9-12(13-3)8-7-11-5-6-11/h10-13H,4-9H2,1-3H3. The Labute approximate surface area is 93.4 Å². The Bertz CT molecular complexity index is 145. The molecular formula is C12H25NS. The van der Waals surface area contributed by atoms with Crippen LogP contribution in [0, 0.1) is 5.92 Å². The van der Waals surface area contributed by atoms with Gasteiger partial charge >= 0.3 is 0 Å². The van der Waals surface area contributed by atoms with E-state index in [-0.39, 0.29) is 0 Å². The third-order valence-electron chi connectivity index (χ3n) is 3.19. The lowest BCUT2D eigenvalue weighted by molar-refractivity contribution is 0.525. The second-order valence-electron chi connectivity index (χ2n) is 4.56. The smallest absolute Gasteiger partial charge is 0.0155 e. The number of thioether (sulfide) groups is 1. The molecular weight excluding hydrogens is 190 g/mol. The predicted molar refractivity (Wildman–Crippen MR) is 67.0 cm³/mol. The highest BCUT2D eigenvalue weighted by Crippen LogP contribution is 2.34. The molecule has 1 aliphatic rings. The van der Waals surface area contributed by atoms with Gasteiger partial charge in [-0.15, -0.1) is 0 Å². The highest BCUT2D eigenvalue weighted by molar-refractivity contribution is 7.99. The molecule has 0 aromatic heterocycles. The zero-order valence-corrected chi connectivity index (χ0v) is 10.7. The first kappa shape index (κ1) is 12.4. The van der Waals surface area contributed by atoms with Gasteiger partial charge in [0, 0.05) is 17.0 Å². The van der Waals surface area contributed by atoms with Gasteiger partial charge in [0.15, 0.2) is 0 Å². The Morgan fingerprint density at radius 1 is 1.43 bits per heavy atom. The molecule has 0 aromatic carbocycles. The Hall–Kier alpha value is 0.310. The molecule has 0 heterocycles.